The van der Waals surface area contributed by atoms with Crippen molar-refractivity contribution >= 4 is 5.91 Å². The van der Waals surface area contributed by atoms with E-state index in [2.05, 4.69) is 10.2 Å². The topological polar surface area (TPSA) is 58.4 Å². The number of hydrogen-bond acceptors (Lipinski definition) is 3. The predicted octanol–water partition coefficient (Wildman–Crippen LogP) is 2.06. The summed E-state index contributed by atoms with van der Waals surface area (Å²) >= 11 is 0. The van der Waals surface area contributed by atoms with Crippen LogP contribution in [0.25, 0.3) is 0 Å². The summed E-state index contributed by atoms with van der Waals surface area (Å²) in [4.78, 5) is 14.4. The van der Waals surface area contributed by atoms with Gasteiger partial charge in [-0.2, -0.15) is 0 Å². The smallest absolute Gasteiger partial charge is 0.234 e. The molecule has 0 spiro atoms. The minimum absolute atomic E-state index is 0.0125. The highest BCUT2D eigenvalue weighted by molar-refractivity contribution is 5.78. The molecular formula is C17H26FN3O. The van der Waals surface area contributed by atoms with E-state index in [1.807, 2.05) is 13.8 Å². The summed E-state index contributed by atoms with van der Waals surface area (Å²) in [6.45, 7) is 6.24. The predicted molar refractivity (Wildman–Crippen MR) is 85.8 cm³/mol. The van der Waals surface area contributed by atoms with Gasteiger partial charge in [0.2, 0.25) is 5.91 Å². The van der Waals surface area contributed by atoms with Crippen molar-refractivity contribution in [2.45, 2.75) is 38.8 Å². The van der Waals surface area contributed by atoms with E-state index in [1.54, 1.807) is 12.1 Å². The molecule has 1 unspecified atom stereocenters. The fourth-order valence-electron chi connectivity index (χ4n) is 2.84. The van der Waals surface area contributed by atoms with Crippen LogP contribution in [0.15, 0.2) is 24.3 Å². The molecule has 1 amide bonds. The first-order valence-corrected chi connectivity index (χ1v) is 7.98. The van der Waals surface area contributed by atoms with E-state index in [4.69, 9.17) is 5.73 Å². The minimum atomic E-state index is -0.262. The third-order valence-electron chi connectivity index (χ3n) is 4.21. The Labute approximate surface area is 131 Å². The Morgan fingerprint density at radius 3 is 2.45 bits per heavy atom. The van der Waals surface area contributed by atoms with Crippen LogP contribution in [0.1, 0.15) is 38.3 Å². The normalized spacial score (nSPS) is 18.4. The van der Waals surface area contributed by atoms with E-state index in [0.29, 0.717) is 6.54 Å². The first-order valence-electron chi connectivity index (χ1n) is 7.98. The van der Waals surface area contributed by atoms with Crippen LogP contribution in [-0.4, -0.2) is 36.5 Å². The Morgan fingerprint density at radius 2 is 1.91 bits per heavy atom. The van der Waals surface area contributed by atoms with Crippen molar-refractivity contribution < 1.29 is 9.18 Å². The Morgan fingerprint density at radius 1 is 1.32 bits per heavy atom. The van der Waals surface area contributed by atoms with Gasteiger partial charge in [0, 0.05) is 19.1 Å². The molecule has 3 N–H and O–H groups in total. The standard InChI is InChI=1S/C17H26FN3O/c1-12(2)17(13-3-5-14(18)6-4-13)20-16(22)11-21-9-7-15(19)8-10-21/h3-6,12,15,17H,7-11,19H2,1-2H3,(H,20,22). The zero-order valence-electron chi connectivity index (χ0n) is 13.4. The summed E-state index contributed by atoms with van der Waals surface area (Å²) in [6.07, 6.45) is 1.89. The first kappa shape index (κ1) is 16.9. The van der Waals surface area contributed by atoms with Gasteiger partial charge in [-0.05, 0) is 36.5 Å². The molecule has 1 aromatic carbocycles. The molecule has 1 fully saturated rings. The number of carbonyl (C=O) groups is 1. The molecule has 0 aliphatic carbocycles. The monoisotopic (exact) mass is 307 g/mol. The lowest BCUT2D eigenvalue weighted by Crippen LogP contribution is -2.45. The van der Waals surface area contributed by atoms with Crippen LogP contribution in [0.4, 0.5) is 4.39 Å². The summed E-state index contributed by atoms with van der Waals surface area (Å²) in [6, 6.07) is 6.51. The van der Waals surface area contributed by atoms with Gasteiger partial charge in [-0.15, -0.1) is 0 Å². The number of halogens is 1. The number of piperidine rings is 1. The number of nitrogens with zero attached hydrogens (tertiary/aromatic N) is 1. The highest BCUT2D eigenvalue weighted by atomic mass is 19.1. The van der Waals surface area contributed by atoms with Gasteiger partial charge in [-0.3, -0.25) is 9.69 Å². The van der Waals surface area contributed by atoms with Gasteiger partial charge in [0.05, 0.1) is 12.6 Å². The number of amides is 1. The quantitative estimate of drug-likeness (QED) is 0.875. The third-order valence-corrected chi connectivity index (χ3v) is 4.21. The van der Waals surface area contributed by atoms with Crippen molar-refractivity contribution in [3.63, 3.8) is 0 Å². The zero-order chi connectivity index (χ0) is 16.1. The lowest BCUT2D eigenvalue weighted by molar-refractivity contribution is -0.123. The number of nitrogens with two attached hydrogens (primary N) is 1. The molecule has 0 bridgehead atoms. The van der Waals surface area contributed by atoms with Gasteiger partial charge >= 0.3 is 0 Å². The number of benzene rings is 1. The van der Waals surface area contributed by atoms with Crippen LogP contribution in [0, 0.1) is 11.7 Å². The summed E-state index contributed by atoms with van der Waals surface area (Å²) < 4.78 is 13.1. The fourth-order valence-corrected chi connectivity index (χ4v) is 2.84. The largest absolute Gasteiger partial charge is 0.348 e. The van der Waals surface area contributed by atoms with E-state index in [9.17, 15) is 9.18 Å². The van der Waals surface area contributed by atoms with E-state index < -0.39 is 0 Å². The van der Waals surface area contributed by atoms with Crippen molar-refractivity contribution in [3.05, 3.63) is 35.6 Å². The molecule has 0 radical (unpaired) electrons. The second-order valence-corrected chi connectivity index (χ2v) is 6.45. The van der Waals surface area contributed by atoms with Crippen LogP contribution in [-0.2, 0) is 4.79 Å². The lowest BCUT2D eigenvalue weighted by atomic mass is 9.96. The van der Waals surface area contributed by atoms with Gasteiger partial charge in [-0.25, -0.2) is 4.39 Å². The Hall–Kier alpha value is -1.46. The summed E-state index contributed by atoms with van der Waals surface area (Å²) in [5.41, 5.74) is 6.81. The van der Waals surface area contributed by atoms with Crippen molar-refractivity contribution in [1.82, 2.24) is 10.2 Å². The molecule has 2 rings (SSSR count). The molecule has 122 valence electrons. The SMILES string of the molecule is CC(C)C(NC(=O)CN1CCC(N)CC1)c1ccc(F)cc1. The molecule has 1 aliphatic heterocycles. The highest BCUT2D eigenvalue weighted by Crippen LogP contribution is 2.22. The zero-order valence-corrected chi connectivity index (χ0v) is 13.4. The Balaban J connectivity index is 1.93. The molecule has 1 saturated heterocycles. The van der Waals surface area contributed by atoms with Crippen LogP contribution >= 0.6 is 0 Å². The van der Waals surface area contributed by atoms with Gasteiger partial charge in [0.1, 0.15) is 5.82 Å². The molecule has 22 heavy (non-hydrogen) atoms. The molecule has 0 aromatic heterocycles. The van der Waals surface area contributed by atoms with E-state index in [0.717, 1.165) is 31.5 Å². The molecular weight excluding hydrogens is 281 g/mol. The summed E-state index contributed by atoms with van der Waals surface area (Å²) in [7, 11) is 0. The molecule has 1 heterocycles. The molecule has 0 saturated carbocycles. The summed E-state index contributed by atoms with van der Waals surface area (Å²) in [5, 5.41) is 3.08. The van der Waals surface area contributed by atoms with Crippen molar-refractivity contribution in [2.75, 3.05) is 19.6 Å². The minimum Gasteiger partial charge on any atom is -0.348 e. The Bertz CT molecular complexity index is 481. The maximum absolute atomic E-state index is 13.1. The third kappa shape index (κ3) is 4.78. The molecule has 5 heteroatoms. The van der Waals surface area contributed by atoms with Crippen molar-refractivity contribution in [3.8, 4) is 0 Å². The first-order chi connectivity index (χ1) is 10.5. The van der Waals surface area contributed by atoms with Crippen LogP contribution in [0.3, 0.4) is 0 Å². The number of rotatable bonds is 5. The van der Waals surface area contributed by atoms with E-state index >= 15 is 0 Å². The number of hydrogen-bond donors (Lipinski definition) is 2. The lowest BCUT2D eigenvalue weighted by Gasteiger charge is -2.30. The number of nitrogens with one attached hydrogen (secondary N) is 1. The molecule has 1 aromatic rings. The van der Waals surface area contributed by atoms with Crippen LogP contribution < -0.4 is 11.1 Å². The number of likely N-dealkylation sites (tertiary alicyclic amines) is 1. The highest BCUT2D eigenvalue weighted by Gasteiger charge is 2.22. The fraction of sp³-hybridized carbons (Fsp3) is 0.588. The maximum atomic E-state index is 13.1. The molecule has 1 atom stereocenters. The second kappa shape index (κ2) is 7.70. The number of carbonyl (C=O) groups excluding carboxylic acids is 1. The van der Waals surface area contributed by atoms with E-state index in [-0.39, 0.29) is 29.7 Å². The average molecular weight is 307 g/mol. The van der Waals surface area contributed by atoms with E-state index in [1.165, 1.54) is 12.1 Å². The van der Waals surface area contributed by atoms with Gasteiger partial charge < -0.3 is 11.1 Å². The second-order valence-electron chi connectivity index (χ2n) is 6.45. The Kier molecular flexibility index (Phi) is 5.91. The van der Waals surface area contributed by atoms with Crippen LogP contribution in [0.5, 0.6) is 0 Å². The molecule has 4 nitrogen and oxygen atoms in total. The van der Waals surface area contributed by atoms with Crippen LogP contribution in [0.2, 0.25) is 0 Å². The van der Waals surface area contributed by atoms with Gasteiger partial charge in [0.25, 0.3) is 0 Å². The average Bonchev–Trinajstić information content (AvgIpc) is 2.48. The van der Waals surface area contributed by atoms with Gasteiger partial charge in [0.15, 0.2) is 0 Å². The summed E-state index contributed by atoms with van der Waals surface area (Å²) in [5.74, 6) is -0.00933. The molecule has 1 aliphatic rings. The van der Waals surface area contributed by atoms with Gasteiger partial charge in [-0.1, -0.05) is 26.0 Å². The maximum Gasteiger partial charge on any atom is 0.234 e. The van der Waals surface area contributed by atoms with Crippen molar-refractivity contribution in [2.24, 2.45) is 11.7 Å². The van der Waals surface area contributed by atoms with Crippen molar-refractivity contribution in [1.29, 1.82) is 0 Å².